The third-order valence-electron chi connectivity index (χ3n) is 3.60. The van der Waals surface area contributed by atoms with Crippen molar-refractivity contribution in [3.05, 3.63) is 77.4 Å². The van der Waals surface area contributed by atoms with Gasteiger partial charge >= 0.3 is 0 Å². The Labute approximate surface area is 153 Å². The van der Waals surface area contributed by atoms with Crippen LogP contribution in [0.3, 0.4) is 0 Å². The van der Waals surface area contributed by atoms with Gasteiger partial charge in [0.2, 0.25) is 0 Å². The maximum atomic E-state index is 12.5. The van der Waals surface area contributed by atoms with Crippen molar-refractivity contribution in [1.82, 2.24) is 4.98 Å². The van der Waals surface area contributed by atoms with Gasteiger partial charge in [0.15, 0.2) is 0 Å². The molecular weight excluding hydrogens is 356 g/mol. The predicted molar refractivity (Wildman–Crippen MR) is 101 cm³/mol. The molecule has 25 heavy (non-hydrogen) atoms. The van der Waals surface area contributed by atoms with E-state index in [0.29, 0.717) is 16.1 Å². The van der Waals surface area contributed by atoms with E-state index in [2.05, 4.69) is 10.3 Å². The fourth-order valence-electron chi connectivity index (χ4n) is 2.35. The van der Waals surface area contributed by atoms with Crippen LogP contribution < -0.4 is 5.32 Å². The van der Waals surface area contributed by atoms with Gasteiger partial charge in [-0.1, -0.05) is 29.8 Å². The molecule has 0 fully saturated rings. The van der Waals surface area contributed by atoms with E-state index in [1.807, 2.05) is 36.4 Å². The molecule has 1 unspecified atom stereocenters. The van der Waals surface area contributed by atoms with Crippen molar-refractivity contribution < 1.29 is 9.00 Å². The van der Waals surface area contributed by atoms with Gasteiger partial charge in [0, 0.05) is 39.4 Å². The van der Waals surface area contributed by atoms with Gasteiger partial charge in [-0.15, -0.1) is 0 Å². The average Bonchev–Trinajstić information content (AvgIpc) is 2.62. The number of carbonyl (C=O) groups is 1. The lowest BCUT2D eigenvalue weighted by Crippen LogP contribution is -2.12. The fraction of sp³-hybridized carbons (Fsp3) is 0.0526. The molecule has 3 aromatic rings. The van der Waals surface area contributed by atoms with Crippen LogP contribution in [-0.4, -0.2) is 21.4 Å². The number of hydrogen-bond donors (Lipinski definition) is 1. The molecule has 1 aromatic heterocycles. The second-order valence-electron chi connectivity index (χ2n) is 5.35. The van der Waals surface area contributed by atoms with Gasteiger partial charge in [0.25, 0.3) is 5.91 Å². The van der Waals surface area contributed by atoms with Gasteiger partial charge in [-0.25, -0.2) is 0 Å². The molecule has 0 saturated heterocycles. The molecule has 0 bridgehead atoms. The number of hydrogen-bond acceptors (Lipinski definition) is 3. The lowest BCUT2D eigenvalue weighted by molar-refractivity contribution is 0.102. The van der Waals surface area contributed by atoms with Crippen LogP contribution in [0.15, 0.2) is 71.8 Å². The molecule has 2 aromatic carbocycles. The van der Waals surface area contributed by atoms with Gasteiger partial charge in [0.1, 0.15) is 0 Å². The zero-order valence-corrected chi connectivity index (χ0v) is 15.0. The van der Waals surface area contributed by atoms with Crippen molar-refractivity contribution in [2.75, 3.05) is 11.6 Å². The Bertz CT molecular complexity index is 945. The summed E-state index contributed by atoms with van der Waals surface area (Å²) in [4.78, 5) is 17.4. The summed E-state index contributed by atoms with van der Waals surface area (Å²) in [5.41, 5.74) is 2.71. The zero-order chi connectivity index (χ0) is 17.8. The van der Waals surface area contributed by atoms with Crippen molar-refractivity contribution in [3.63, 3.8) is 0 Å². The first kappa shape index (κ1) is 17.3. The number of rotatable bonds is 4. The number of nitrogens with one attached hydrogen (secondary N) is 1. The van der Waals surface area contributed by atoms with E-state index in [0.717, 1.165) is 11.3 Å². The number of amides is 1. The first-order valence-electron chi connectivity index (χ1n) is 7.50. The Morgan fingerprint density at radius 2 is 1.92 bits per heavy atom. The first-order chi connectivity index (χ1) is 12.0. The number of aromatic nitrogens is 1. The Kier molecular flexibility index (Phi) is 5.26. The van der Waals surface area contributed by atoms with Crippen LogP contribution in [0.5, 0.6) is 0 Å². The van der Waals surface area contributed by atoms with Crippen molar-refractivity contribution >= 4 is 34.0 Å². The maximum Gasteiger partial charge on any atom is 0.257 e. The summed E-state index contributed by atoms with van der Waals surface area (Å²) < 4.78 is 11.5. The van der Waals surface area contributed by atoms with Crippen LogP contribution in [0.2, 0.25) is 5.02 Å². The largest absolute Gasteiger partial charge is 0.322 e. The van der Waals surface area contributed by atoms with Crippen LogP contribution in [0.4, 0.5) is 5.69 Å². The summed E-state index contributed by atoms with van der Waals surface area (Å²) in [6.07, 6.45) is 3.29. The molecule has 0 spiro atoms. The molecule has 126 valence electrons. The van der Waals surface area contributed by atoms with E-state index in [1.165, 1.54) is 0 Å². The Morgan fingerprint density at radius 3 is 2.60 bits per heavy atom. The van der Waals surface area contributed by atoms with Crippen LogP contribution in [0.25, 0.3) is 11.3 Å². The Morgan fingerprint density at radius 1 is 1.08 bits per heavy atom. The van der Waals surface area contributed by atoms with Crippen LogP contribution >= 0.6 is 11.6 Å². The molecule has 4 nitrogen and oxygen atoms in total. The number of benzene rings is 2. The smallest absolute Gasteiger partial charge is 0.257 e. The molecular formula is C19H15ClN2O2S. The van der Waals surface area contributed by atoms with E-state index in [-0.39, 0.29) is 10.9 Å². The predicted octanol–water partition coefficient (Wildman–Crippen LogP) is 4.39. The summed E-state index contributed by atoms with van der Waals surface area (Å²) in [6.45, 7) is 0. The van der Waals surface area contributed by atoms with Crippen molar-refractivity contribution in [2.24, 2.45) is 0 Å². The maximum absolute atomic E-state index is 12.5. The molecule has 0 radical (unpaired) electrons. The standard InChI is InChI=1S/C19H15ClN2O2S/c1-25(24)15-8-9-16(17(20)12-15)19(23)22-14-6-4-5-13(11-14)18-7-2-3-10-21-18/h2-12H,1H3,(H,22,23). The lowest BCUT2D eigenvalue weighted by Gasteiger charge is -2.09. The van der Waals surface area contributed by atoms with Gasteiger partial charge in [-0.2, -0.15) is 0 Å². The SMILES string of the molecule is CS(=O)c1ccc(C(=O)Nc2cccc(-c3ccccn3)c2)c(Cl)c1. The molecule has 1 N–H and O–H groups in total. The molecule has 0 aliphatic rings. The minimum atomic E-state index is -1.15. The summed E-state index contributed by atoms with van der Waals surface area (Å²) in [5.74, 6) is -0.323. The monoisotopic (exact) mass is 370 g/mol. The molecule has 0 aliphatic heterocycles. The quantitative estimate of drug-likeness (QED) is 0.740. The summed E-state index contributed by atoms with van der Waals surface area (Å²) in [7, 11) is -1.15. The Balaban J connectivity index is 1.83. The highest BCUT2D eigenvalue weighted by Gasteiger charge is 2.12. The summed E-state index contributed by atoms with van der Waals surface area (Å²) in [6, 6.07) is 17.9. The number of nitrogens with zero attached hydrogens (tertiary/aromatic N) is 1. The van der Waals surface area contributed by atoms with Crippen molar-refractivity contribution in [1.29, 1.82) is 0 Å². The van der Waals surface area contributed by atoms with Gasteiger partial charge in [-0.3, -0.25) is 14.0 Å². The minimum Gasteiger partial charge on any atom is -0.322 e. The highest BCUT2D eigenvalue weighted by molar-refractivity contribution is 7.84. The average molecular weight is 371 g/mol. The first-order valence-corrected chi connectivity index (χ1v) is 9.44. The molecule has 1 amide bonds. The van der Waals surface area contributed by atoms with Crippen LogP contribution in [-0.2, 0) is 10.8 Å². The van der Waals surface area contributed by atoms with E-state index in [1.54, 1.807) is 36.7 Å². The van der Waals surface area contributed by atoms with Crippen molar-refractivity contribution in [2.45, 2.75) is 4.90 Å². The molecule has 0 aliphatic carbocycles. The van der Waals surface area contributed by atoms with E-state index in [4.69, 9.17) is 11.6 Å². The molecule has 3 rings (SSSR count). The number of carbonyl (C=O) groups excluding carboxylic acids is 1. The van der Waals surface area contributed by atoms with Crippen molar-refractivity contribution in [3.8, 4) is 11.3 Å². The van der Waals surface area contributed by atoms with E-state index < -0.39 is 10.8 Å². The van der Waals surface area contributed by atoms with Gasteiger partial charge < -0.3 is 5.32 Å². The number of anilines is 1. The lowest BCUT2D eigenvalue weighted by atomic mass is 10.1. The number of halogens is 1. The molecule has 1 heterocycles. The van der Waals surface area contributed by atoms with Crippen LogP contribution in [0.1, 0.15) is 10.4 Å². The Hall–Kier alpha value is -2.50. The molecule has 0 saturated carbocycles. The molecule has 1 atom stereocenters. The normalized spacial score (nSPS) is 11.8. The topological polar surface area (TPSA) is 59.1 Å². The highest BCUT2D eigenvalue weighted by Crippen LogP contribution is 2.23. The van der Waals surface area contributed by atoms with E-state index in [9.17, 15) is 9.00 Å². The minimum absolute atomic E-state index is 0.270. The van der Waals surface area contributed by atoms with Gasteiger partial charge in [0.05, 0.1) is 16.3 Å². The molecule has 6 heteroatoms. The summed E-state index contributed by atoms with van der Waals surface area (Å²) in [5, 5.41) is 3.10. The van der Waals surface area contributed by atoms with Gasteiger partial charge in [-0.05, 0) is 42.5 Å². The second-order valence-corrected chi connectivity index (χ2v) is 7.13. The second kappa shape index (κ2) is 7.59. The fourth-order valence-corrected chi connectivity index (χ4v) is 3.22. The summed E-state index contributed by atoms with van der Waals surface area (Å²) >= 11 is 6.16. The van der Waals surface area contributed by atoms with E-state index >= 15 is 0 Å². The third-order valence-corrected chi connectivity index (χ3v) is 4.83. The third kappa shape index (κ3) is 4.13. The number of pyridine rings is 1. The highest BCUT2D eigenvalue weighted by atomic mass is 35.5. The van der Waals surface area contributed by atoms with Crippen LogP contribution in [0, 0.1) is 0 Å². The zero-order valence-electron chi connectivity index (χ0n) is 13.4.